The molecule has 7 aliphatic rings. The van der Waals surface area contributed by atoms with Crippen LogP contribution in [-0.2, 0) is 33.4 Å². The SMILES string of the molecule is CC1=CC(C2CC(N=[N+]=[N-])C(COC(=O)C3(O)CCC4C5CCC6=CC(=O)CCC6(C)C5C(O)CC43C)O2)C(=O)NC1=O.Cc1cn([C@H]2C[C@H](N=[N+]=[N-])[C@@H](CO)O2)c(=O)[nH]c1=O. The van der Waals surface area contributed by atoms with Crippen molar-refractivity contribution in [3.63, 3.8) is 0 Å². The molecule has 11 unspecified atom stereocenters. The number of aliphatic hydroxyl groups is 3. The molecule has 8 rings (SSSR count). The van der Waals surface area contributed by atoms with Crippen LogP contribution in [0.3, 0.4) is 0 Å². The number of carbonyl (C=O) groups excluding carboxylic acids is 4. The zero-order valence-electron chi connectivity index (χ0n) is 35.0. The summed E-state index contributed by atoms with van der Waals surface area (Å²) in [5.41, 5.74) is 15.4. The normalized spacial score (nSPS) is 39.6. The van der Waals surface area contributed by atoms with Crippen molar-refractivity contribution in [2.24, 2.45) is 44.7 Å². The Hall–Kier alpha value is -5.14. The molecule has 14 atom stereocenters. The maximum absolute atomic E-state index is 13.7. The largest absolute Gasteiger partial charge is 0.461 e. The van der Waals surface area contributed by atoms with Gasteiger partial charge in [-0.05, 0) is 99.1 Å². The Morgan fingerprint density at radius 1 is 1.02 bits per heavy atom. The Bertz CT molecular complexity index is 2300. The molecule has 0 bridgehead atoms. The number of rotatable bonds is 8. The van der Waals surface area contributed by atoms with Crippen molar-refractivity contribution >= 4 is 23.6 Å². The van der Waals surface area contributed by atoms with Crippen LogP contribution in [0.2, 0.25) is 0 Å². The highest BCUT2D eigenvalue weighted by atomic mass is 16.6. The molecule has 1 aromatic heterocycles. The molecule has 1 aromatic rings. The number of H-pyrrole nitrogens is 1. The Labute approximate surface area is 355 Å². The van der Waals surface area contributed by atoms with Crippen molar-refractivity contribution in [3.8, 4) is 0 Å². The summed E-state index contributed by atoms with van der Waals surface area (Å²) < 4.78 is 18.4. The highest BCUT2D eigenvalue weighted by molar-refractivity contribution is 6.08. The molecule has 0 aromatic carbocycles. The minimum Gasteiger partial charge on any atom is -0.461 e. The molecule has 3 aliphatic heterocycles. The van der Waals surface area contributed by atoms with E-state index in [4.69, 9.17) is 30.4 Å². The summed E-state index contributed by atoms with van der Waals surface area (Å²) in [4.78, 5) is 80.9. The van der Waals surface area contributed by atoms with Crippen LogP contribution in [0.1, 0.15) is 90.3 Å². The van der Waals surface area contributed by atoms with E-state index in [1.807, 2.05) is 6.92 Å². The molecule has 21 nitrogen and oxygen atoms in total. The van der Waals surface area contributed by atoms with Gasteiger partial charge in [0.15, 0.2) is 11.4 Å². The lowest BCUT2D eigenvalue weighted by Gasteiger charge is -2.60. The number of hydrogen-bond acceptors (Lipinski definition) is 14. The maximum atomic E-state index is 13.7. The van der Waals surface area contributed by atoms with Crippen molar-refractivity contribution in [1.29, 1.82) is 0 Å². The van der Waals surface area contributed by atoms with Crippen LogP contribution in [0, 0.1) is 41.4 Å². The first-order valence-electron chi connectivity index (χ1n) is 21.1. The summed E-state index contributed by atoms with van der Waals surface area (Å²) in [6, 6.07) is -1.26. The molecule has 3 saturated carbocycles. The molecule has 0 spiro atoms. The maximum Gasteiger partial charge on any atom is 0.338 e. The van der Waals surface area contributed by atoms with Gasteiger partial charge in [-0.25, -0.2) is 9.59 Å². The number of amides is 2. The third kappa shape index (κ3) is 7.80. The Morgan fingerprint density at radius 2 is 1.73 bits per heavy atom. The lowest BCUT2D eigenvalue weighted by atomic mass is 9.45. The second kappa shape index (κ2) is 17.2. The highest BCUT2D eigenvalue weighted by Crippen LogP contribution is 2.67. The summed E-state index contributed by atoms with van der Waals surface area (Å²) in [6.45, 7) is 6.60. The van der Waals surface area contributed by atoms with Gasteiger partial charge in [-0.3, -0.25) is 34.0 Å². The topological polar surface area (TPSA) is 321 Å². The first-order valence-corrected chi connectivity index (χ1v) is 21.1. The third-order valence-electron chi connectivity index (χ3n) is 15.0. The van der Waals surface area contributed by atoms with E-state index in [-0.39, 0.29) is 67.8 Å². The van der Waals surface area contributed by atoms with Gasteiger partial charge in [0.2, 0.25) is 5.91 Å². The molecule has 0 radical (unpaired) electrons. The van der Waals surface area contributed by atoms with Crippen molar-refractivity contribution in [1.82, 2.24) is 14.9 Å². The summed E-state index contributed by atoms with van der Waals surface area (Å²) in [7, 11) is 0. The minimum atomic E-state index is -1.82. The van der Waals surface area contributed by atoms with Crippen LogP contribution in [-0.4, -0.2) is 104 Å². The van der Waals surface area contributed by atoms with Crippen LogP contribution in [0.4, 0.5) is 0 Å². The molecule has 2 saturated heterocycles. The van der Waals surface area contributed by atoms with E-state index >= 15 is 0 Å². The molecule has 334 valence electrons. The Kier molecular flexibility index (Phi) is 12.5. The molecule has 62 heavy (non-hydrogen) atoms. The molecular weight excluding hydrogens is 811 g/mol. The quantitative estimate of drug-likeness (QED) is 0.0828. The summed E-state index contributed by atoms with van der Waals surface area (Å²) in [6.07, 6.45) is 5.37. The molecule has 5 fully saturated rings. The number of nitrogens with one attached hydrogen (secondary N) is 2. The van der Waals surface area contributed by atoms with E-state index in [9.17, 15) is 39.0 Å². The second-order valence-corrected chi connectivity index (χ2v) is 18.3. The number of azide groups is 2. The average Bonchev–Trinajstić information content (AvgIpc) is 3.90. The fourth-order valence-electron chi connectivity index (χ4n) is 11.7. The second-order valence-electron chi connectivity index (χ2n) is 18.3. The number of aliphatic hydroxyl groups excluding tert-OH is 2. The fourth-order valence-corrected chi connectivity index (χ4v) is 11.7. The van der Waals surface area contributed by atoms with E-state index in [1.54, 1.807) is 19.9 Å². The molecule has 5 N–H and O–H groups in total. The number of ketones is 1. The number of imide groups is 1. The zero-order chi connectivity index (χ0) is 44.9. The first-order chi connectivity index (χ1) is 29.4. The van der Waals surface area contributed by atoms with Gasteiger partial charge in [0, 0.05) is 45.4 Å². The van der Waals surface area contributed by atoms with Crippen LogP contribution >= 0.6 is 0 Å². The third-order valence-corrected chi connectivity index (χ3v) is 15.0. The number of aromatic amines is 1. The molecule has 4 heterocycles. The Balaban J connectivity index is 0.000000254. The number of fused-ring (bicyclic) bond motifs is 5. The van der Waals surface area contributed by atoms with Crippen LogP contribution in [0.15, 0.2) is 49.3 Å². The highest BCUT2D eigenvalue weighted by Gasteiger charge is 2.69. The average molecular weight is 864 g/mol. The molecular formula is C41H53N9O12. The van der Waals surface area contributed by atoms with Crippen molar-refractivity contribution in [2.45, 2.75) is 134 Å². The van der Waals surface area contributed by atoms with Gasteiger partial charge >= 0.3 is 11.7 Å². The van der Waals surface area contributed by atoms with E-state index in [1.165, 1.54) is 16.8 Å². The van der Waals surface area contributed by atoms with Gasteiger partial charge in [0.1, 0.15) is 18.9 Å². The van der Waals surface area contributed by atoms with Gasteiger partial charge in [-0.1, -0.05) is 35.7 Å². The molecule has 2 amide bonds. The lowest BCUT2D eigenvalue weighted by molar-refractivity contribution is -0.201. The number of aryl methyl sites for hydroxylation is 1. The first kappa shape index (κ1) is 44.9. The fraction of sp³-hybridized carbons (Fsp3) is 0.707. The minimum absolute atomic E-state index is 0.0000487. The standard InChI is InChI=1S/C31H40N4O8.C10H13N5O4/c1-15-10-19(27(39)33-26(15)38)23-12-21(34-35-32)24(43-23)14-42-28(40)31(41)9-7-20-18-5-4-16-11-17(36)6-8-29(16,2)25(18)22(37)13-30(20,31)3;1-5-3-15(10(18)12-9(5)17)8-2-6(13-14-11)7(4-16)19-8/h10-11,18-25,37,41H,4-9,12-14H2,1-3H3,(H,33,38,39);3,6-8,16H,2,4H2,1H3,(H,12,17,18)/t;6-,7+,8+/m.0/s1. The van der Waals surface area contributed by atoms with E-state index in [0.717, 1.165) is 18.4 Å². The van der Waals surface area contributed by atoms with Gasteiger partial charge in [0.25, 0.3) is 11.5 Å². The number of hydrogen-bond donors (Lipinski definition) is 5. The number of ether oxygens (including phenoxy) is 3. The monoisotopic (exact) mass is 863 g/mol. The van der Waals surface area contributed by atoms with Gasteiger partial charge in [-0.15, -0.1) is 0 Å². The summed E-state index contributed by atoms with van der Waals surface area (Å²) in [5.74, 6) is -2.34. The number of nitrogens with zero attached hydrogens (tertiary/aromatic N) is 7. The predicted molar refractivity (Wildman–Crippen MR) is 215 cm³/mol. The van der Waals surface area contributed by atoms with Gasteiger partial charge < -0.3 is 29.5 Å². The summed E-state index contributed by atoms with van der Waals surface area (Å²) >= 11 is 0. The number of aromatic nitrogens is 2. The number of carbonyl (C=O) groups is 4. The smallest absolute Gasteiger partial charge is 0.338 e. The van der Waals surface area contributed by atoms with Crippen LogP contribution in [0.5, 0.6) is 0 Å². The van der Waals surface area contributed by atoms with Crippen molar-refractivity contribution in [3.05, 3.63) is 76.8 Å². The predicted octanol–water partition coefficient (Wildman–Crippen LogP) is 2.62. The van der Waals surface area contributed by atoms with Gasteiger partial charge in [0.05, 0.1) is 42.9 Å². The summed E-state index contributed by atoms with van der Waals surface area (Å²) in [5, 5.41) is 42.4. The van der Waals surface area contributed by atoms with Crippen molar-refractivity contribution < 1.29 is 48.7 Å². The number of allylic oxidation sites excluding steroid dienone is 1. The van der Waals surface area contributed by atoms with Gasteiger partial charge in [-0.2, -0.15) is 0 Å². The van der Waals surface area contributed by atoms with E-state index < -0.39 is 88.7 Å². The van der Waals surface area contributed by atoms with Crippen LogP contribution < -0.4 is 16.6 Å². The van der Waals surface area contributed by atoms with E-state index in [0.29, 0.717) is 30.4 Å². The molecule has 21 heteroatoms. The van der Waals surface area contributed by atoms with Crippen LogP contribution in [0.25, 0.3) is 20.9 Å². The lowest BCUT2D eigenvalue weighted by Crippen LogP contribution is -2.62. The molecule has 4 aliphatic carbocycles. The Morgan fingerprint density at radius 3 is 2.42 bits per heavy atom. The number of esters is 1. The van der Waals surface area contributed by atoms with Crippen molar-refractivity contribution in [2.75, 3.05) is 13.2 Å². The zero-order valence-corrected chi connectivity index (χ0v) is 35.0. The van der Waals surface area contributed by atoms with E-state index in [2.05, 4.69) is 37.3 Å².